The molecule has 0 bridgehead atoms. The summed E-state index contributed by atoms with van der Waals surface area (Å²) >= 11 is 1.71. The number of aliphatic hydroxyl groups excluding tert-OH is 1. The molecule has 5 heteroatoms. The zero-order valence-corrected chi connectivity index (χ0v) is 8.51. The number of thioether (sulfide) groups is 1. The number of aliphatic hydroxyl groups is 1. The second-order valence-corrected chi connectivity index (χ2v) is 3.69. The van der Waals surface area contributed by atoms with Crippen LogP contribution in [-0.2, 0) is 12.2 Å². The van der Waals surface area contributed by atoms with Gasteiger partial charge >= 0.3 is 0 Å². The molecule has 1 heterocycles. The summed E-state index contributed by atoms with van der Waals surface area (Å²) < 4.78 is 4.95. The van der Waals surface area contributed by atoms with E-state index in [0.717, 1.165) is 30.2 Å². The van der Waals surface area contributed by atoms with Crippen molar-refractivity contribution in [2.75, 3.05) is 12.4 Å². The fourth-order valence-electron chi connectivity index (χ4n) is 0.822. The maximum atomic E-state index is 8.54. The average Bonchev–Trinajstić information content (AvgIpc) is 2.60. The quantitative estimate of drug-likeness (QED) is 0.703. The molecule has 0 unspecified atom stereocenters. The van der Waals surface area contributed by atoms with Crippen LogP contribution in [0.15, 0.2) is 4.52 Å². The minimum absolute atomic E-state index is 0.249. The van der Waals surface area contributed by atoms with Crippen molar-refractivity contribution in [3.8, 4) is 0 Å². The summed E-state index contributed by atoms with van der Waals surface area (Å²) in [5, 5.41) is 12.4. The average molecular weight is 202 g/mol. The number of hydrogen-bond acceptors (Lipinski definition) is 5. The Morgan fingerprint density at radius 2 is 2.38 bits per heavy atom. The maximum absolute atomic E-state index is 8.54. The molecule has 0 spiro atoms. The van der Waals surface area contributed by atoms with Gasteiger partial charge in [0.2, 0.25) is 5.89 Å². The molecular weight excluding hydrogens is 188 g/mol. The van der Waals surface area contributed by atoms with Crippen molar-refractivity contribution in [1.29, 1.82) is 0 Å². The van der Waals surface area contributed by atoms with Gasteiger partial charge in [-0.25, -0.2) is 0 Å². The summed E-state index contributed by atoms with van der Waals surface area (Å²) in [6.45, 7) is 2.23. The number of hydrogen-bond donors (Lipinski definition) is 1. The Morgan fingerprint density at radius 1 is 1.54 bits per heavy atom. The summed E-state index contributed by atoms with van der Waals surface area (Å²) in [7, 11) is 0. The number of aromatic nitrogens is 2. The Hall–Kier alpha value is -0.550. The Labute approximate surface area is 81.7 Å². The van der Waals surface area contributed by atoms with Gasteiger partial charge in [0.25, 0.3) is 0 Å². The first-order chi connectivity index (χ1) is 6.36. The van der Waals surface area contributed by atoms with Gasteiger partial charge in [-0.15, -0.1) is 0 Å². The first-order valence-electron chi connectivity index (χ1n) is 4.37. The van der Waals surface area contributed by atoms with Crippen molar-refractivity contribution in [3.63, 3.8) is 0 Å². The predicted octanol–water partition coefficient (Wildman–Crippen LogP) is 1.25. The van der Waals surface area contributed by atoms with Crippen molar-refractivity contribution in [1.82, 2.24) is 10.1 Å². The minimum atomic E-state index is 0.249. The van der Waals surface area contributed by atoms with Crippen LogP contribution in [-0.4, -0.2) is 27.6 Å². The largest absolute Gasteiger partial charge is 0.396 e. The van der Waals surface area contributed by atoms with Crippen molar-refractivity contribution in [2.24, 2.45) is 0 Å². The zero-order valence-electron chi connectivity index (χ0n) is 7.69. The minimum Gasteiger partial charge on any atom is -0.396 e. The predicted molar refractivity (Wildman–Crippen MR) is 51.5 cm³/mol. The van der Waals surface area contributed by atoms with E-state index in [9.17, 15) is 0 Å². The van der Waals surface area contributed by atoms with E-state index in [1.807, 2.05) is 6.92 Å². The molecule has 0 aliphatic rings. The Balaban J connectivity index is 2.20. The lowest BCUT2D eigenvalue weighted by molar-refractivity contribution is 0.296. The van der Waals surface area contributed by atoms with Crippen LogP contribution in [0, 0.1) is 0 Å². The lowest BCUT2D eigenvalue weighted by atomic mass is 10.5. The first kappa shape index (κ1) is 10.5. The first-order valence-corrected chi connectivity index (χ1v) is 5.52. The van der Waals surface area contributed by atoms with E-state index in [4.69, 9.17) is 9.63 Å². The molecule has 0 aliphatic carbocycles. The van der Waals surface area contributed by atoms with Crippen LogP contribution in [0.4, 0.5) is 0 Å². The highest BCUT2D eigenvalue weighted by atomic mass is 32.2. The van der Waals surface area contributed by atoms with Crippen LogP contribution in [0.25, 0.3) is 0 Å². The third kappa shape index (κ3) is 3.78. The van der Waals surface area contributed by atoms with Crippen molar-refractivity contribution in [3.05, 3.63) is 11.7 Å². The molecule has 0 aromatic carbocycles. The van der Waals surface area contributed by atoms with Crippen LogP contribution < -0.4 is 0 Å². The van der Waals surface area contributed by atoms with Gasteiger partial charge in [0.15, 0.2) is 5.82 Å². The van der Waals surface area contributed by atoms with Crippen LogP contribution >= 0.6 is 11.8 Å². The number of aryl methyl sites for hydroxylation is 1. The monoisotopic (exact) mass is 202 g/mol. The summed E-state index contributed by atoms with van der Waals surface area (Å²) in [5.41, 5.74) is 0. The molecule has 1 aromatic rings. The van der Waals surface area contributed by atoms with Crippen molar-refractivity contribution < 1.29 is 9.63 Å². The van der Waals surface area contributed by atoms with Gasteiger partial charge in [0.05, 0.1) is 5.75 Å². The lowest BCUT2D eigenvalue weighted by Gasteiger charge is -1.93. The van der Waals surface area contributed by atoms with Gasteiger partial charge in [-0.1, -0.05) is 12.1 Å². The van der Waals surface area contributed by atoms with Crippen LogP contribution in [0.5, 0.6) is 0 Å². The van der Waals surface area contributed by atoms with Gasteiger partial charge < -0.3 is 9.63 Å². The topological polar surface area (TPSA) is 59.2 Å². The van der Waals surface area contributed by atoms with E-state index in [1.54, 1.807) is 11.8 Å². The molecule has 1 aromatic heterocycles. The Kier molecular flexibility index (Phi) is 4.85. The molecule has 0 fully saturated rings. The molecule has 4 nitrogen and oxygen atoms in total. The molecule has 1 rings (SSSR count). The van der Waals surface area contributed by atoms with Gasteiger partial charge in [0.1, 0.15) is 0 Å². The van der Waals surface area contributed by atoms with E-state index in [2.05, 4.69) is 10.1 Å². The van der Waals surface area contributed by atoms with Crippen LogP contribution in [0.1, 0.15) is 25.1 Å². The number of nitrogens with zero attached hydrogens (tertiary/aromatic N) is 2. The molecule has 0 saturated heterocycles. The Morgan fingerprint density at radius 3 is 3.00 bits per heavy atom. The molecular formula is C8H14N2O2S. The molecule has 0 amide bonds. The van der Waals surface area contributed by atoms with Gasteiger partial charge in [0, 0.05) is 13.0 Å². The third-order valence-corrected chi connectivity index (χ3v) is 2.53. The molecule has 0 radical (unpaired) electrons. The summed E-state index contributed by atoms with van der Waals surface area (Å²) in [6, 6.07) is 0. The van der Waals surface area contributed by atoms with Gasteiger partial charge in [-0.2, -0.15) is 16.7 Å². The third-order valence-electron chi connectivity index (χ3n) is 1.49. The van der Waals surface area contributed by atoms with Crippen molar-refractivity contribution >= 4 is 11.8 Å². The molecule has 0 atom stereocenters. The van der Waals surface area contributed by atoms with Crippen LogP contribution in [0.3, 0.4) is 0 Å². The van der Waals surface area contributed by atoms with Gasteiger partial charge in [-0.05, 0) is 12.2 Å². The SMILES string of the molecule is CCc1nc(CSCCCO)no1. The fraction of sp³-hybridized carbons (Fsp3) is 0.750. The second-order valence-electron chi connectivity index (χ2n) is 2.59. The van der Waals surface area contributed by atoms with Gasteiger partial charge in [-0.3, -0.25) is 0 Å². The second kappa shape index (κ2) is 5.99. The summed E-state index contributed by atoms with van der Waals surface area (Å²) in [5.74, 6) is 3.15. The summed E-state index contributed by atoms with van der Waals surface area (Å²) in [4.78, 5) is 4.17. The molecule has 74 valence electrons. The highest BCUT2D eigenvalue weighted by Crippen LogP contribution is 2.10. The smallest absolute Gasteiger partial charge is 0.226 e. The van der Waals surface area contributed by atoms with Crippen molar-refractivity contribution in [2.45, 2.75) is 25.5 Å². The van der Waals surface area contributed by atoms with Crippen LogP contribution in [0.2, 0.25) is 0 Å². The fourth-order valence-corrected chi connectivity index (χ4v) is 1.60. The highest BCUT2D eigenvalue weighted by molar-refractivity contribution is 7.98. The highest BCUT2D eigenvalue weighted by Gasteiger charge is 2.03. The van der Waals surface area contributed by atoms with E-state index in [1.165, 1.54) is 0 Å². The molecule has 0 aliphatic heterocycles. The molecule has 13 heavy (non-hydrogen) atoms. The molecule has 0 saturated carbocycles. The lowest BCUT2D eigenvalue weighted by Crippen LogP contribution is -1.89. The van der Waals surface area contributed by atoms with E-state index in [0.29, 0.717) is 5.89 Å². The standard InChI is InChI=1S/C8H14N2O2S/c1-2-8-9-7(10-12-8)6-13-5-3-4-11/h11H,2-6H2,1H3. The Bertz CT molecular complexity index is 240. The molecule has 1 N–H and O–H groups in total. The maximum Gasteiger partial charge on any atom is 0.226 e. The zero-order chi connectivity index (χ0) is 9.52. The normalized spacial score (nSPS) is 10.6. The van der Waals surface area contributed by atoms with E-state index < -0.39 is 0 Å². The van der Waals surface area contributed by atoms with E-state index >= 15 is 0 Å². The number of rotatable bonds is 6. The summed E-state index contributed by atoms with van der Waals surface area (Å²) in [6.07, 6.45) is 1.61. The van der Waals surface area contributed by atoms with E-state index in [-0.39, 0.29) is 6.61 Å².